The van der Waals surface area contributed by atoms with Crippen LogP contribution in [-0.2, 0) is 16.6 Å². The first-order valence-corrected chi connectivity index (χ1v) is 10.1. The van der Waals surface area contributed by atoms with Crippen LogP contribution in [0.1, 0.15) is 5.56 Å². The van der Waals surface area contributed by atoms with Gasteiger partial charge in [-0.1, -0.05) is 12.1 Å². The van der Waals surface area contributed by atoms with E-state index in [1.165, 1.54) is 25.4 Å². The molecule has 0 bridgehead atoms. The molecule has 0 amide bonds. The number of benzene rings is 1. The second kappa shape index (κ2) is 7.66. The molecular weight excluding hydrogens is 454 g/mol. The zero-order valence-electron chi connectivity index (χ0n) is 14.4. The topological polar surface area (TPSA) is 150 Å². The number of nitrogens with zero attached hydrogens (tertiary/aromatic N) is 3. The van der Waals surface area contributed by atoms with Gasteiger partial charge in [0.2, 0.25) is 15.9 Å². The van der Waals surface area contributed by atoms with Gasteiger partial charge < -0.3 is 10.1 Å². The Morgan fingerprint density at radius 3 is 2.50 bits per heavy atom. The predicted octanol–water partition coefficient (Wildman–Crippen LogP) is 2.57. The van der Waals surface area contributed by atoms with E-state index in [0.29, 0.717) is 26.8 Å². The van der Waals surface area contributed by atoms with Crippen molar-refractivity contribution >= 4 is 48.2 Å². The van der Waals surface area contributed by atoms with Crippen LogP contribution < -0.4 is 15.2 Å². The molecule has 0 unspecified atom stereocenters. The lowest BCUT2D eigenvalue weighted by atomic mass is 10.2. The Morgan fingerprint density at radius 2 is 1.93 bits per heavy atom. The average molecular weight is 468 g/mol. The Balaban J connectivity index is 2.00. The highest BCUT2D eigenvalue weighted by atomic mass is 79.9. The number of nitrogens with two attached hydrogens (primary N) is 1. The molecule has 12 heteroatoms. The van der Waals surface area contributed by atoms with Crippen LogP contribution in [0.25, 0.3) is 10.9 Å². The van der Waals surface area contributed by atoms with Gasteiger partial charge in [0, 0.05) is 12.7 Å². The predicted molar refractivity (Wildman–Crippen MR) is 106 cm³/mol. The number of anilines is 1. The molecule has 0 radical (unpaired) electrons. The third-order valence-corrected chi connectivity index (χ3v) is 5.56. The van der Waals surface area contributed by atoms with Gasteiger partial charge in [0.1, 0.15) is 16.4 Å². The normalized spacial score (nSPS) is 11.4. The molecular formula is C16H14BrN5O5S. The maximum Gasteiger partial charge on any atom is 0.311 e. The summed E-state index contributed by atoms with van der Waals surface area (Å²) in [6.07, 6.45) is 2.59. The molecule has 2 aromatic heterocycles. The minimum Gasteiger partial charge on any atom is -0.480 e. The Hall–Kier alpha value is -2.83. The number of ether oxygens (including phenoxy) is 1. The molecule has 0 atom stereocenters. The Labute approximate surface area is 168 Å². The van der Waals surface area contributed by atoms with Crippen LogP contribution in [0.2, 0.25) is 0 Å². The number of sulfonamides is 1. The standard InChI is InChI=1S/C16H14BrN5O5S/c1-27-16-13(17)15-11(7-21-16)14(12(8-20-15)22(23)24)19-6-9-2-4-10(5-3-9)28(18,25)26/h2-5,7-8H,6H2,1H3,(H,19,20)(H2,18,25,26). The van der Waals surface area contributed by atoms with E-state index in [-0.39, 0.29) is 22.8 Å². The quantitative estimate of drug-likeness (QED) is 0.414. The summed E-state index contributed by atoms with van der Waals surface area (Å²) in [5, 5.41) is 20.0. The second-order valence-corrected chi connectivity index (χ2v) is 8.02. The van der Waals surface area contributed by atoms with Gasteiger partial charge in [-0.05, 0) is 33.6 Å². The number of aromatic nitrogens is 2. The van der Waals surface area contributed by atoms with Gasteiger partial charge in [-0.3, -0.25) is 10.1 Å². The van der Waals surface area contributed by atoms with Gasteiger partial charge >= 0.3 is 5.69 Å². The molecule has 3 N–H and O–H groups in total. The smallest absolute Gasteiger partial charge is 0.311 e. The molecule has 0 spiro atoms. The molecule has 3 aromatic rings. The summed E-state index contributed by atoms with van der Waals surface area (Å²) in [6, 6.07) is 5.88. The van der Waals surface area contributed by atoms with Crippen molar-refractivity contribution in [3.8, 4) is 5.88 Å². The minimum atomic E-state index is -3.79. The first-order valence-electron chi connectivity index (χ1n) is 7.73. The van der Waals surface area contributed by atoms with Gasteiger partial charge in [-0.15, -0.1) is 0 Å². The maximum absolute atomic E-state index is 11.4. The SMILES string of the molecule is COc1ncc2c(NCc3ccc(S(N)(=O)=O)cc3)c([N+](=O)[O-])cnc2c1Br. The summed E-state index contributed by atoms with van der Waals surface area (Å²) in [5.41, 5.74) is 1.17. The summed E-state index contributed by atoms with van der Waals surface area (Å²) >= 11 is 3.34. The fourth-order valence-electron chi connectivity index (χ4n) is 2.55. The van der Waals surface area contributed by atoms with Crippen LogP contribution in [0.4, 0.5) is 11.4 Å². The first kappa shape index (κ1) is 19.9. The Kier molecular flexibility index (Phi) is 5.45. The van der Waals surface area contributed by atoms with Crippen LogP contribution in [0.3, 0.4) is 0 Å². The Morgan fingerprint density at radius 1 is 1.25 bits per heavy atom. The summed E-state index contributed by atoms with van der Waals surface area (Å²) in [6.45, 7) is 0.203. The molecule has 0 aliphatic carbocycles. The van der Waals surface area contributed by atoms with Gasteiger partial charge in [0.05, 0.1) is 27.8 Å². The lowest BCUT2D eigenvalue weighted by Crippen LogP contribution is -2.12. The van der Waals surface area contributed by atoms with E-state index < -0.39 is 14.9 Å². The fourth-order valence-corrected chi connectivity index (χ4v) is 3.65. The van der Waals surface area contributed by atoms with Crippen molar-refractivity contribution in [1.29, 1.82) is 0 Å². The van der Waals surface area contributed by atoms with Crippen molar-refractivity contribution in [1.82, 2.24) is 9.97 Å². The van der Waals surface area contributed by atoms with Crippen molar-refractivity contribution in [2.45, 2.75) is 11.4 Å². The summed E-state index contributed by atoms with van der Waals surface area (Å²) in [4.78, 5) is 19.1. The monoisotopic (exact) mass is 467 g/mol. The molecule has 0 aliphatic heterocycles. The van der Waals surface area contributed by atoms with Gasteiger partial charge in [-0.2, -0.15) is 0 Å². The summed E-state index contributed by atoms with van der Waals surface area (Å²) < 4.78 is 28.3. The van der Waals surface area contributed by atoms with Crippen LogP contribution in [0.15, 0.2) is 46.0 Å². The van der Waals surface area contributed by atoms with Crippen molar-refractivity contribution < 1.29 is 18.1 Å². The zero-order chi connectivity index (χ0) is 20.5. The molecule has 0 saturated carbocycles. The lowest BCUT2D eigenvalue weighted by molar-refractivity contribution is -0.384. The number of nitrogens with one attached hydrogen (secondary N) is 1. The van der Waals surface area contributed by atoms with E-state index in [1.54, 1.807) is 12.1 Å². The number of methoxy groups -OCH3 is 1. The molecule has 0 aliphatic rings. The largest absolute Gasteiger partial charge is 0.480 e. The third kappa shape index (κ3) is 3.88. The molecule has 146 valence electrons. The van der Waals surface area contributed by atoms with Crippen molar-refractivity contribution in [2.75, 3.05) is 12.4 Å². The molecule has 1 aromatic carbocycles. The number of hydrogen-bond donors (Lipinski definition) is 2. The molecule has 0 fully saturated rings. The van der Waals surface area contributed by atoms with Crippen LogP contribution in [0, 0.1) is 10.1 Å². The van der Waals surface area contributed by atoms with E-state index in [2.05, 4.69) is 31.2 Å². The van der Waals surface area contributed by atoms with E-state index in [9.17, 15) is 18.5 Å². The molecule has 0 saturated heterocycles. The second-order valence-electron chi connectivity index (χ2n) is 5.66. The molecule has 3 rings (SSSR count). The maximum atomic E-state index is 11.4. The zero-order valence-corrected chi connectivity index (χ0v) is 16.8. The number of rotatable bonds is 6. The number of pyridine rings is 2. The minimum absolute atomic E-state index is 0.0168. The van der Waals surface area contributed by atoms with E-state index in [4.69, 9.17) is 9.88 Å². The number of halogens is 1. The van der Waals surface area contributed by atoms with Crippen molar-refractivity contribution in [3.63, 3.8) is 0 Å². The number of primary sulfonamides is 1. The fraction of sp³-hybridized carbons (Fsp3) is 0.125. The summed E-state index contributed by atoms with van der Waals surface area (Å²) in [7, 11) is -2.34. The van der Waals surface area contributed by atoms with Gasteiger partial charge in [-0.25, -0.2) is 23.5 Å². The van der Waals surface area contributed by atoms with Crippen LogP contribution in [-0.4, -0.2) is 30.4 Å². The first-order chi connectivity index (χ1) is 13.2. The average Bonchev–Trinajstić information content (AvgIpc) is 2.66. The number of hydrogen-bond acceptors (Lipinski definition) is 8. The van der Waals surface area contributed by atoms with Crippen molar-refractivity contribution in [3.05, 3.63) is 56.8 Å². The van der Waals surface area contributed by atoms with Crippen LogP contribution in [0.5, 0.6) is 5.88 Å². The highest BCUT2D eigenvalue weighted by Gasteiger charge is 2.21. The number of nitro groups is 1. The van der Waals surface area contributed by atoms with E-state index in [0.717, 1.165) is 6.20 Å². The van der Waals surface area contributed by atoms with Crippen LogP contribution >= 0.6 is 15.9 Å². The molecule has 2 heterocycles. The van der Waals surface area contributed by atoms with E-state index in [1.807, 2.05) is 0 Å². The van der Waals surface area contributed by atoms with Crippen molar-refractivity contribution in [2.24, 2.45) is 5.14 Å². The van der Waals surface area contributed by atoms with Gasteiger partial charge in [0.15, 0.2) is 0 Å². The highest BCUT2D eigenvalue weighted by Crippen LogP contribution is 2.37. The highest BCUT2D eigenvalue weighted by molar-refractivity contribution is 9.10. The molecule has 28 heavy (non-hydrogen) atoms. The summed E-state index contributed by atoms with van der Waals surface area (Å²) in [5.74, 6) is 0.304. The van der Waals surface area contributed by atoms with E-state index >= 15 is 0 Å². The van der Waals surface area contributed by atoms with Gasteiger partial charge in [0.25, 0.3) is 0 Å². The Bertz CT molecular complexity index is 1170. The molecule has 10 nitrogen and oxygen atoms in total. The third-order valence-electron chi connectivity index (χ3n) is 3.91. The number of fused-ring (bicyclic) bond motifs is 1. The lowest BCUT2D eigenvalue weighted by Gasteiger charge is -2.12.